The van der Waals surface area contributed by atoms with Gasteiger partial charge in [-0.15, -0.1) is 0 Å². The monoisotopic (exact) mass is 341 g/mol. The van der Waals surface area contributed by atoms with E-state index < -0.39 is 18.5 Å². The molecule has 1 N–H and O–H groups in total. The van der Waals surface area contributed by atoms with Crippen molar-refractivity contribution < 1.29 is 28.9 Å². The molecular formula is C17H13N2O6-. The Labute approximate surface area is 142 Å². The molecule has 1 aliphatic rings. The van der Waals surface area contributed by atoms with E-state index in [9.17, 15) is 14.7 Å². The number of ether oxygens (including phenoxy) is 3. The molecule has 2 aromatic carbocycles. The zero-order valence-electron chi connectivity index (χ0n) is 12.9. The highest BCUT2D eigenvalue weighted by molar-refractivity contribution is 5.95. The zero-order valence-corrected chi connectivity index (χ0v) is 12.9. The van der Waals surface area contributed by atoms with Crippen LogP contribution >= 0.6 is 0 Å². The second-order valence-corrected chi connectivity index (χ2v) is 4.97. The first kappa shape index (κ1) is 16.3. The maximum Gasteiger partial charge on any atom is 0.271 e. The molecule has 0 unspecified atom stereocenters. The van der Waals surface area contributed by atoms with Crippen LogP contribution in [0.3, 0.4) is 0 Å². The maximum atomic E-state index is 12.1. The van der Waals surface area contributed by atoms with Gasteiger partial charge < -0.3 is 24.1 Å². The van der Waals surface area contributed by atoms with E-state index in [0.717, 1.165) is 0 Å². The van der Waals surface area contributed by atoms with Crippen molar-refractivity contribution in [1.29, 1.82) is 0 Å². The van der Waals surface area contributed by atoms with E-state index in [1.807, 2.05) is 0 Å². The average molecular weight is 341 g/mol. The van der Waals surface area contributed by atoms with Crippen LogP contribution in [-0.2, 0) is 4.79 Å². The molecule has 8 heteroatoms. The second kappa shape index (κ2) is 7.35. The predicted octanol–water partition coefficient (Wildman–Crippen LogP) is 0.308. The van der Waals surface area contributed by atoms with Crippen molar-refractivity contribution in [3.05, 3.63) is 53.6 Å². The molecule has 0 saturated heterocycles. The van der Waals surface area contributed by atoms with E-state index in [2.05, 4.69) is 10.5 Å². The minimum atomic E-state index is -1.33. The molecule has 128 valence electrons. The molecule has 1 heterocycles. The van der Waals surface area contributed by atoms with Gasteiger partial charge >= 0.3 is 0 Å². The van der Waals surface area contributed by atoms with Crippen LogP contribution in [0.25, 0.3) is 0 Å². The smallest absolute Gasteiger partial charge is 0.271 e. The van der Waals surface area contributed by atoms with Gasteiger partial charge in [-0.25, -0.2) is 5.43 Å². The van der Waals surface area contributed by atoms with Gasteiger partial charge in [-0.3, -0.25) is 4.79 Å². The Hall–Kier alpha value is -3.55. The fourth-order valence-corrected chi connectivity index (χ4v) is 2.12. The minimum absolute atomic E-state index is 0.126. The highest BCUT2D eigenvalue weighted by Gasteiger charge is 2.15. The number of amides is 1. The molecule has 0 spiro atoms. The number of para-hydroxylation sites is 1. The van der Waals surface area contributed by atoms with Gasteiger partial charge in [0.1, 0.15) is 12.4 Å². The Morgan fingerprint density at radius 3 is 2.84 bits per heavy atom. The SMILES string of the molecule is O=C([O-])COc1ccccc1/C=N\NC(=O)c1ccc2c(c1)OCO2. The second-order valence-electron chi connectivity index (χ2n) is 4.97. The lowest BCUT2D eigenvalue weighted by atomic mass is 10.2. The summed E-state index contributed by atoms with van der Waals surface area (Å²) in [4.78, 5) is 22.6. The lowest BCUT2D eigenvalue weighted by Crippen LogP contribution is -2.29. The minimum Gasteiger partial charge on any atom is -0.546 e. The summed E-state index contributed by atoms with van der Waals surface area (Å²) in [6.45, 7) is -0.449. The number of carbonyl (C=O) groups is 2. The lowest BCUT2D eigenvalue weighted by Gasteiger charge is -2.09. The van der Waals surface area contributed by atoms with Gasteiger partial charge in [-0.1, -0.05) is 12.1 Å². The third-order valence-corrected chi connectivity index (χ3v) is 3.27. The first-order chi connectivity index (χ1) is 12.1. The number of nitrogens with zero attached hydrogens (tertiary/aromatic N) is 1. The van der Waals surface area contributed by atoms with Gasteiger partial charge in [0.15, 0.2) is 11.5 Å². The highest BCUT2D eigenvalue weighted by Crippen LogP contribution is 2.32. The van der Waals surface area contributed by atoms with Crippen LogP contribution in [0.1, 0.15) is 15.9 Å². The van der Waals surface area contributed by atoms with Gasteiger partial charge in [-0.2, -0.15) is 5.10 Å². The van der Waals surface area contributed by atoms with E-state index in [0.29, 0.717) is 28.4 Å². The third-order valence-electron chi connectivity index (χ3n) is 3.27. The summed E-state index contributed by atoms with van der Waals surface area (Å²) in [5.41, 5.74) is 3.25. The number of carboxylic acids is 1. The summed E-state index contributed by atoms with van der Waals surface area (Å²) in [7, 11) is 0. The number of fused-ring (bicyclic) bond motifs is 1. The number of aliphatic carboxylic acids is 1. The van der Waals surface area contributed by atoms with E-state index in [1.54, 1.807) is 42.5 Å². The number of hydrogen-bond donors (Lipinski definition) is 1. The maximum absolute atomic E-state index is 12.1. The van der Waals surface area contributed by atoms with Gasteiger partial charge in [0, 0.05) is 11.1 Å². The number of hydrazone groups is 1. The van der Waals surface area contributed by atoms with Crippen LogP contribution in [0.2, 0.25) is 0 Å². The van der Waals surface area contributed by atoms with Crippen LogP contribution in [-0.4, -0.2) is 31.5 Å². The summed E-state index contributed by atoms with van der Waals surface area (Å²) in [6, 6.07) is 11.5. The van der Waals surface area contributed by atoms with E-state index in [1.165, 1.54) is 6.21 Å². The van der Waals surface area contributed by atoms with Gasteiger partial charge in [0.25, 0.3) is 5.91 Å². The molecule has 0 bridgehead atoms. The molecule has 3 rings (SSSR count). The zero-order chi connectivity index (χ0) is 17.6. The van der Waals surface area contributed by atoms with E-state index in [-0.39, 0.29) is 6.79 Å². The van der Waals surface area contributed by atoms with E-state index in [4.69, 9.17) is 14.2 Å². The topological polar surface area (TPSA) is 109 Å². The predicted molar refractivity (Wildman–Crippen MR) is 84.6 cm³/mol. The summed E-state index contributed by atoms with van der Waals surface area (Å²) in [6.07, 6.45) is 1.36. The highest BCUT2D eigenvalue weighted by atomic mass is 16.7. The molecule has 25 heavy (non-hydrogen) atoms. The Kier molecular flexibility index (Phi) is 4.79. The molecular weight excluding hydrogens is 328 g/mol. The summed E-state index contributed by atoms with van der Waals surface area (Å²) >= 11 is 0. The quantitative estimate of drug-likeness (QED) is 0.598. The molecule has 0 aromatic heterocycles. The van der Waals surface area contributed by atoms with Crippen molar-refractivity contribution in [2.24, 2.45) is 5.10 Å². The fraction of sp³-hybridized carbons (Fsp3) is 0.118. The Balaban J connectivity index is 1.65. The number of carboxylic acid groups (broad SMARTS) is 1. The molecule has 0 saturated carbocycles. The largest absolute Gasteiger partial charge is 0.546 e. The molecule has 0 aliphatic carbocycles. The molecule has 2 aromatic rings. The summed E-state index contributed by atoms with van der Waals surface area (Å²) in [5.74, 6) is -0.366. The van der Waals surface area contributed by atoms with Gasteiger partial charge in [0.2, 0.25) is 6.79 Å². The van der Waals surface area contributed by atoms with Gasteiger partial charge in [-0.05, 0) is 30.3 Å². The molecule has 1 aliphatic heterocycles. The Morgan fingerprint density at radius 1 is 1.20 bits per heavy atom. The van der Waals surface area contributed by atoms with Crippen molar-refractivity contribution in [1.82, 2.24) is 5.43 Å². The van der Waals surface area contributed by atoms with Crippen LogP contribution in [0, 0.1) is 0 Å². The van der Waals surface area contributed by atoms with Crippen LogP contribution in [0.5, 0.6) is 17.2 Å². The number of rotatable bonds is 6. The molecule has 0 fully saturated rings. The molecule has 0 radical (unpaired) electrons. The standard InChI is InChI=1S/C17H14N2O6/c20-16(21)9-23-13-4-2-1-3-12(13)8-18-19-17(22)11-5-6-14-15(7-11)25-10-24-14/h1-8H,9-10H2,(H,19,22)(H,20,21)/p-1/b18-8-. The van der Waals surface area contributed by atoms with Crippen molar-refractivity contribution in [3.8, 4) is 17.2 Å². The lowest BCUT2D eigenvalue weighted by molar-refractivity contribution is -0.307. The van der Waals surface area contributed by atoms with Crippen molar-refractivity contribution in [2.45, 2.75) is 0 Å². The fourth-order valence-electron chi connectivity index (χ4n) is 2.12. The molecule has 1 amide bonds. The van der Waals surface area contributed by atoms with Crippen molar-refractivity contribution in [2.75, 3.05) is 13.4 Å². The van der Waals surface area contributed by atoms with Crippen LogP contribution in [0.4, 0.5) is 0 Å². The summed E-state index contributed by atoms with van der Waals surface area (Å²) in [5, 5.41) is 14.3. The third kappa shape index (κ3) is 4.05. The van der Waals surface area contributed by atoms with Crippen molar-refractivity contribution >= 4 is 18.1 Å². The van der Waals surface area contributed by atoms with Gasteiger partial charge in [0.05, 0.1) is 12.2 Å². The molecule has 8 nitrogen and oxygen atoms in total. The Bertz CT molecular complexity index is 834. The van der Waals surface area contributed by atoms with Crippen molar-refractivity contribution in [3.63, 3.8) is 0 Å². The number of carbonyl (C=O) groups excluding carboxylic acids is 2. The van der Waals surface area contributed by atoms with Crippen LogP contribution in [0.15, 0.2) is 47.6 Å². The first-order valence-electron chi connectivity index (χ1n) is 7.28. The molecule has 0 atom stereocenters. The first-order valence-corrected chi connectivity index (χ1v) is 7.28. The number of nitrogens with one attached hydrogen (secondary N) is 1. The summed E-state index contributed by atoms with van der Waals surface area (Å²) < 4.78 is 15.5. The number of benzene rings is 2. The van der Waals surface area contributed by atoms with E-state index >= 15 is 0 Å². The van der Waals surface area contributed by atoms with Crippen LogP contribution < -0.4 is 24.7 Å². The normalized spacial score (nSPS) is 12.2. The Morgan fingerprint density at radius 2 is 2.00 bits per heavy atom. The average Bonchev–Trinajstić information content (AvgIpc) is 3.08. The number of hydrogen-bond acceptors (Lipinski definition) is 7.